The highest BCUT2D eigenvalue weighted by atomic mass is 35.5. The van der Waals surface area contributed by atoms with E-state index in [0.29, 0.717) is 31.6 Å². The van der Waals surface area contributed by atoms with Gasteiger partial charge in [0.15, 0.2) is 17.0 Å². The van der Waals surface area contributed by atoms with Crippen LogP contribution in [0.3, 0.4) is 0 Å². The smallest absolute Gasteiger partial charge is 0.311 e. The van der Waals surface area contributed by atoms with Crippen LogP contribution in [0.5, 0.6) is 0 Å². The lowest BCUT2D eigenvalue weighted by molar-refractivity contribution is -0.142. The second-order valence-corrected chi connectivity index (χ2v) is 9.99. The molecule has 0 unspecified atom stereocenters. The van der Waals surface area contributed by atoms with Gasteiger partial charge in [-0.25, -0.2) is 9.50 Å². The van der Waals surface area contributed by atoms with E-state index in [1.54, 1.807) is 24.3 Å². The average Bonchev–Trinajstić information content (AvgIpc) is 3.38. The first-order chi connectivity index (χ1) is 16.6. The third kappa shape index (κ3) is 4.37. The first kappa shape index (κ1) is 23.3. The number of aromatic nitrogens is 3. The van der Waals surface area contributed by atoms with Crippen LogP contribution in [-0.4, -0.2) is 20.5 Å². The van der Waals surface area contributed by atoms with Gasteiger partial charge in [-0.1, -0.05) is 30.7 Å². The number of nitrogens with zero attached hydrogens (tertiary/aromatic N) is 4. The van der Waals surface area contributed by atoms with Gasteiger partial charge in [-0.2, -0.15) is 23.5 Å². The molecular formula is C24H17ClF3N5OS. The molecule has 1 aliphatic carbocycles. The maximum atomic E-state index is 13.9. The van der Waals surface area contributed by atoms with Crippen LogP contribution in [-0.2, 0) is 19.0 Å². The van der Waals surface area contributed by atoms with Crippen LogP contribution in [0.1, 0.15) is 45.5 Å². The van der Waals surface area contributed by atoms with Crippen molar-refractivity contribution in [1.29, 1.82) is 5.26 Å². The number of benzene rings is 1. The van der Waals surface area contributed by atoms with Crippen LogP contribution in [0, 0.1) is 17.2 Å². The van der Waals surface area contributed by atoms with E-state index in [1.165, 1.54) is 17.4 Å². The maximum Gasteiger partial charge on any atom is 0.433 e. The van der Waals surface area contributed by atoms with Crippen LogP contribution in [0.4, 0.5) is 18.2 Å². The number of carbonyl (C=O) groups is 1. The highest BCUT2D eigenvalue weighted by Crippen LogP contribution is 2.39. The van der Waals surface area contributed by atoms with E-state index in [1.807, 2.05) is 0 Å². The molecule has 0 saturated heterocycles. The van der Waals surface area contributed by atoms with Gasteiger partial charge in [-0.15, -0.1) is 11.3 Å². The molecule has 35 heavy (non-hydrogen) atoms. The van der Waals surface area contributed by atoms with Gasteiger partial charge in [-0.05, 0) is 48.9 Å². The van der Waals surface area contributed by atoms with E-state index >= 15 is 0 Å². The third-order valence-corrected chi connectivity index (χ3v) is 7.36. The summed E-state index contributed by atoms with van der Waals surface area (Å²) in [6.07, 6.45) is -2.20. The number of anilines is 1. The zero-order chi connectivity index (χ0) is 24.9. The van der Waals surface area contributed by atoms with Gasteiger partial charge in [0.05, 0.1) is 11.3 Å². The average molecular weight is 516 g/mol. The Morgan fingerprint density at radius 2 is 2.03 bits per heavy atom. The van der Waals surface area contributed by atoms with Gasteiger partial charge in [0.25, 0.3) is 5.91 Å². The highest BCUT2D eigenvalue weighted by Gasteiger charge is 2.36. The molecular weight excluding hydrogens is 499 g/mol. The molecule has 1 atom stereocenters. The molecule has 5 rings (SSSR count). The van der Waals surface area contributed by atoms with Gasteiger partial charge >= 0.3 is 6.18 Å². The molecule has 0 aliphatic heterocycles. The number of hydrogen-bond donors (Lipinski definition) is 1. The van der Waals surface area contributed by atoms with Crippen molar-refractivity contribution in [1.82, 2.24) is 14.6 Å². The Hall–Kier alpha value is -3.42. The SMILES string of the molecule is C[C@H]1CCc2c(sc(NC(=O)c3cc4nc(-c5ccc(Cl)cc5)cc(C(F)(F)F)n4n3)c2C#N)C1. The summed E-state index contributed by atoms with van der Waals surface area (Å²) in [7, 11) is 0. The van der Waals surface area contributed by atoms with Crippen LogP contribution in [0.2, 0.25) is 5.02 Å². The van der Waals surface area contributed by atoms with Crippen molar-refractivity contribution < 1.29 is 18.0 Å². The molecule has 4 aromatic rings. The first-order valence-electron chi connectivity index (χ1n) is 10.7. The monoisotopic (exact) mass is 515 g/mol. The second kappa shape index (κ2) is 8.66. The normalized spacial score (nSPS) is 15.6. The summed E-state index contributed by atoms with van der Waals surface area (Å²) in [5.41, 5.74) is 0.425. The quantitative estimate of drug-likeness (QED) is 0.343. The lowest BCUT2D eigenvalue weighted by atomic mass is 9.89. The third-order valence-electron chi connectivity index (χ3n) is 5.94. The molecule has 3 heterocycles. The second-order valence-electron chi connectivity index (χ2n) is 8.45. The number of fused-ring (bicyclic) bond motifs is 2. The molecule has 0 spiro atoms. The van der Waals surface area contributed by atoms with Gasteiger partial charge < -0.3 is 5.32 Å². The number of thiophene rings is 1. The minimum absolute atomic E-state index is 0.0696. The van der Waals surface area contributed by atoms with E-state index in [-0.39, 0.29) is 17.0 Å². The van der Waals surface area contributed by atoms with Crippen molar-refractivity contribution >= 4 is 39.5 Å². The lowest BCUT2D eigenvalue weighted by Gasteiger charge is -2.17. The van der Waals surface area contributed by atoms with Crippen LogP contribution >= 0.6 is 22.9 Å². The van der Waals surface area contributed by atoms with Crippen molar-refractivity contribution in [2.45, 2.75) is 32.4 Å². The largest absolute Gasteiger partial charge is 0.433 e. The fourth-order valence-corrected chi connectivity index (χ4v) is 5.66. The van der Waals surface area contributed by atoms with Gasteiger partial charge in [0.2, 0.25) is 0 Å². The van der Waals surface area contributed by atoms with E-state index < -0.39 is 17.8 Å². The Balaban J connectivity index is 1.54. The first-order valence-corrected chi connectivity index (χ1v) is 11.9. The van der Waals surface area contributed by atoms with Gasteiger partial charge in [0, 0.05) is 21.5 Å². The van der Waals surface area contributed by atoms with Crippen molar-refractivity contribution in [2.24, 2.45) is 5.92 Å². The van der Waals surface area contributed by atoms with E-state index in [2.05, 4.69) is 28.4 Å². The lowest BCUT2D eigenvalue weighted by Crippen LogP contribution is -2.15. The topological polar surface area (TPSA) is 83.1 Å². The summed E-state index contributed by atoms with van der Waals surface area (Å²) < 4.78 is 42.2. The molecule has 11 heteroatoms. The van der Waals surface area contributed by atoms with Crippen LogP contribution < -0.4 is 5.32 Å². The molecule has 1 N–H and O–H groups in total. The maximum absolute atomic E-state index is 13.9. The number of nitriles is 1. The zero-order valence-corrected chi connectivity index (χ0v) is 19.9. The van der Waals surface area contributed by atoms with E-state index in [0.717, 1.165) is 35.8 Å². The number of alkyl halides is 3. The zero-order valence-electron chi connectivity index (χ0n) is 18.3. The Bertz CT molecular complexity index is 1500. The highest BCUT2D eigenvalue weighted by molar-refractivity contribution is 7.16. The number of amides is 1. The fourth-order valence-electron chi connectivity index (χ4n) is 4.18. The van der Waals surface area contributed by atoms with Crippen molar-refractivity contribution in [3.05, 3.63) is 68.8 Å². The number of nitrogens with one attached hydrogen (secondary N) is 1. The molecule has 0 fully saturated rings. The molecule has 6 nitrogen and oxygen atoms in total. The Morgan fingerprint density at radius 1 is 1.29 bits per heavy atom. The van der Waals surface area contributed by atoms with Crippen LogP contribution in [0.15, 0.2) is 36.4 Å². The van der Waals surface area contributed by atoms with Crippen LogP contribution in [0.25, 0.3) is 16.9 Å². The minimum Gasteiger partial charge on any atom is -0.311 e. The summed E-state index contributed by atoms with van der Waals surface area (Å²) in [5, 5.41) is 17.1. The summed E-state index contributed by atoms with van der Waals surface area (Å²) in [4.78, 5) is 18.3. The van der Waals surface area contributed by atoms with Gasteiger partial charge in [-0.3, -0.25) is 4.79 Å². The number of carbonyl (C=O) groups excluding carboxylic acids is 1. The van der Waals surface area contributed by atoms with Crippen molar-refractivity contribution in [2.75, 3.05) is 5.32 Å². The Labute approximate surface area is 207 Å². The summed E-state index contributed by atoms with van der Waals surface area (Å²) >= 11 is 7.22. The number of halogens is 4. The fraction of sp³-hybridized carbons (Fsp3) is 0.250. The van der Waals surface area contributed by atoms with E-state index in [9.17, 15) is 23.2 Å². The standard InChI is InChI=1S/C24H17ClF3N5OS/c1-12-2-7-15-16(11-29)23(35-19(15)8-12)31-22(34)18-10-21-30-17(13-3-5-14(25)6-4-13)9-20(24(26,27)28)33(21)32-18/h3-6,9-10,12H,2,7-8H2,1H3,(H,31,34)/t12-/m0/s1. The minimum atomic E-state index is -4.74. The Morgan fingerprint density at radius 3 is 2.71 bits per heavy atom. The molecule has 0 saturated carbocycles. The summed E-state index contributed by atoms with van der Waals surface area (Å²) in [6, 6.07) is 10.5. The van der Waals surface area contributed by atoms with Crippen molar-refractivity contribution in [3.8, 4) is 17.3 Å². The van der Waals surface area contributed by atoms with Crippen molar-refractivity contribution in [3.63, 3.8) is 0 Å². The predicted molar refractivity (Wildman–Crippen MR) is 127 cm³/mol. The summed E-state index contributed by atoms with van der Waals surface area (Å²) in [6.45, 7) is 2.13. The number of hydrogen-bond acceptors (Lipinski definition) is 5. The molecule has 1 aromatic carbocycles. The Kier molecular flexibility index (Phi) is 5.77. The molecule has 0 radical (unpaired) electrons. The summed E-state index contributed by atoms with van der Waals surface area (Å²) in [5.74, 6) is -0.226. The van der Waals surface area contributed by atoms with E-state index in [4.69, 9.17) is 11.6 Å². The predicted octanol–water partition coefficient (Wildman–Crippen LogP) is 6.38. The molecule has 0 bridgehead atoms. The molecule has 1 aliphatic rings. The number of rotatable bonds is 3. The molecule has 178 valence electrons. The molecule has 1 amide bonds. The van der Waals surface area contributed by atoms with Gasteiger partial charge in [0.1, 0.15) is 11.1 Å². The molecule has 3 aromatic heterocycles.